The van der Waals surface area contributed by atoms with Gasteiger partial charge in [0.25, 0.3) is 11.8 Å². The Labute approximate surface area is 192 Å². The Hall–Kier alpha value is -2.80. The van der Waals surface area contributed by atoms with E-state index in [2.05, 4.69) is 5.32 Å². The Bertz CT molecular complexity index is 1230. The summed E-state index contributed by atoms with van der Waals surface area (Å²) in [6, 6.07) is 18.2. The highest BCUT2D eigenvalue weighted by Gasteiger charge is 2.40. The van der Waals surface area contributed by atoms with Crippen molar-refractivity contribution in [2.75, 3.05) is 10.2 Å². The average Bonchev–Trinajstić information content (AvgIpc) is 2.97. The Kier molecular flexibility index (Phi) is 6.05. The second-order valence-electron chi connectivity index (χ2n) is 6.75. The summed E-state index contributed by atoms with van der Waals surface area (Å²) in [5.74, 6) is -1.73. The van der Waals surface area contributed by atoms with Crippen molar-refractivity contribution in [3.05, 3.63) is 98.8 Å². The third-order valence-electron chi connectivity index (χ3n) is 4.61. The van der Waals surface area contributed by atoms with Gasteiger partial charge in [-0.05, 0) is 55.0 Å². The van der Waals surface area contributed by atoms with Gasteiger partial charge in [0.1, 0.15) is 16.4 Å². The van der Waals surface area contributed by atoms with E-state index in [0.29, 0.717) is 10.7 Å². The van der Waals surface area contributed by atoms with E-state index in [0.717, 1.165) is 21.4 Å². The van der Waals surface area contributed by atoms with Gasteiger partial charge in [0.2, 0.25) is 0 Å². The van der Waals surface area contributed by atoms with E-state index < -0.39 is 17.6 Å². The molecule has 1 aliphatic rings. The van der Waals surface area contributed by atoms with E-state index in [1.54, 1.807) is 12.1 Å². The standard InChI is InChI=1S/C23H15Cl2FN2O2S/c1-13-7-8-14(11-17(13)24)27-20-21(31-16-5-3-2-4-6-16)23(30)28(22(20)29)15-9-10-19(26)18(25)12-15/h2-12,27H,1H3. The fourth-order valence-corrected chi connectivity index (χ4v) is 4.30. The minimum Gasteiger partial charge on any atom is -0.350 e. The molecule has 0 spiro atoms. The number of amides is 2. The first kappa shape index (κ1) is 21.4. The maximum Gasteiger partial charge on any atom is 0.283 e. The summed E-state index contributed by atoms with van der Waals surface area (Å²) in [6.07, 6.45) is 0. The Morgan fingerprint density at radius 1 is 0.903 bits per heavy atom. The van der Waals surface area contributed by atoms with Crippen LogP contribution < -0.4 is 10.2 Å². The molecular formula is C23H15Cl2FN2O2S. The molecule has 0 fully saturated rings. The maximum atomic E-state index is 13.6. The van der Waals surface area contributed by atoms with E-state index in [9.17, 15) is 14.0 Å². The van der Waals surface area contributed by atoms with E-state index in [1.807, 2.05) is 43.3 Å². The molecule has 8 heteroatoms. The molecule has 0 saturated heterocycles. The van der Waals surface area contributed by atoms with E-state index in [4.69, 9.17) is 23.2 Å². The molecule has 0 saturated carbocycles. The lowest BCUT2D eigenvalue weighted by molar-refractivity contribution is -0.120. The van der Waals surface area contributed by atoms with Gasteiger partial charge in [0, 0.05) is 15.6 Å². The van der Waals surface area contributed by atoms with Crippen molar-refractivity contribution in [2.45, 2.75) is 11.8 Å². The number of halogens is 3. The molecular weight excluding hydrogens is 458 g/mol. The summed E-state index contributed by atoms with van der Waals surface area (Å²) in [5, 5.41) is 3.39. The highest BCUT2D eigenvalue weighted by molar-refractivity contribution is 8.04. The zero-order chi connectivity index (χ0) is 22.1. The number of nitrogens with zero attached hydrogens (tertiary/aromatic N) is 1. The number of hydrogen-bond donors (Lipinski definition) is 1. The Morgan fingerprint density at radius 2 is 1.65 bits per heavy atom. The lowest BCUT2D eigenvalue weighted by atomic mass is 10.2. The minimum atomic E-state index is -0.635. The molecule has 4 rings (SSSR count). The molecule has 156 valence electrons. The molecule has 1 N–H and O–H groups in total. The zero-order valence-electron chi connectivity index (χ0n) is 16.2. The Morgan fingerprint density at radius 3 is 2.32 bits per heavy atom. The van der Waals surface area contributed by atoms with Gasteiger partial charge in [-0.1, -0.05) is 59.2 Å². The van der Waals surface area contributed by atoms with E-state index in [1.165, 1.54) is 23.9 Å². The number of aryl methyl sites for hydroxylation is 1. The van der Waals surface area contributed by atoms with Crippen LogP contribution >= 0.6 is 35.0 Å². The van der Waals surface area contributed by atoms with Gasteiger partial charge in [-0.2, -0.15) is 0 Å². The number of carbonyl (C=O) groups excluding carboxylic acids is 2. The van der Waals surface area contributed by atoms with Crippen molar-refractivity contribution in [1.29, 1.82) is 0 Å². The molecule has 2 amide bonds. The van der Waals surface area contributed by atoms with Crippen LogP contribution in [0.4, 0.5) is 15.8 Å². The second kappa shape index (κ2) is 8.75. The third kappa shape index (κ3) is 4.32. The van der Waals surface area contributed by atoms with Gasteiger partial charge >= 0.3 is 0 Å². The fourth-order valence-electron chi connectivity index (χ4n) is 2.99. The third-order valence-corrected chi connectivity index (χ3v) is 6.39. The van der Waals surface area contributed by atoms with Crippen LogP contribution in [0.1, 0.15) is 5.56 Å². The topological polar surface area (TPSA) is 49.4 Å². The number of anilines is 2. The summed E-state index contributed by atoms with van der Waals surface area (Å²) in [5.41, 5.74) is 1.75. The van der Waals surface area contributed by atoms with Crippen LogP contribution in [0.2, 0.25) is 10.0 Å². The number of benzene rings is 3. The summed E-state index contributed by atoms with van der Waals surface area (Å²) < 4.78 is 13.6. The maximum absolute atomic E-state index is 13.6. The molecule has 1 heterocycles. The number of carbonyl (C=O) groups is 2. The first-order valence-corrected chi connectivity index (χ1v) is 10.8. The van der Waals surface area contributed by atoms with Gasteiger partial charge < -0.3 is 5.32 Å². The van der Waals surface area contributed by atoms with E-state index >= 15 is 0 Å². The van der Waals surface area contributed by atoms with Crippen molar-refractivity contribution in [3.8, 4) is 0 Å². The number of nitrogens with one attached hydrogen (secondary N) is 1. The molecule has 31 heavy (non-hydrogen) atoms. The van der Waals surface area contributed by atoms with Crippen LogP contribution in [0.5, 0.6) is 0 Å². The second-order valence-corrected chi connectivity index (χ2v) is 8.65. The highest BCUT2D eigenvalue weighted by Crippen LogP contribution is 2.38. The van der Waals surface area contributed by atoms with Crippen molar-refractivity contribution in [2.24, 2.45) is 0 Å². The van der Waals surface area contributed by atoms with Crippen molar-refractivity contribution in [3.63, 3.8) is 0 Å². The van der Waals surface area contributed by atoms with Gasteiger partial charge in [0.15, 0.2) is 0 Å². The van der Waals surface area contributed by atoms with Crippen LogP contribution in [0.3, 0.4) is 0 Å². The number of thioether (sulfide) groups is 1. The minimum absolute atomic E-state index is 0.110. The van der Waals surface area contributed by atoms with Crippen molar-refractivity contribution >= 4 is 58.2 Å². The summed E-state index contributed by atoms with van der Waals surface area (Å²) >= 11 is 13.3. The number of imide groups is 1. The largest absolute Gasteiger partial charge is 0.350 e. The van der Waals surface area contributed by atoms with Gasteiger partial charge in [-0.15, -0.1) is 0 Å². The lowest BCUT2D eigenvalue weighted by Gasteiger charge is -2.16. The first-order chi connectivity index (χ1) is 14.8. The summed E-state index contributed by atoms with van der Waals surface area (Å²) in [7, 11) is 0. The van der Waals surface area contributed by atoms with Crippen LogP contribution in [0, 0.1) is 12.7 Å². The quantitative estimate of drug-likeness (QED) is 0.434. The average molecular weight is 473 g/mol. The molecule has 0 atom stereocenters. The molecule has 0 aromatic heterocycles. The van der Waals surface area contributed by atoms with Gasteiger partial charge in [-0.3, -0.25) is 9.59 Å². The predicted octanol–water partition coefficient (Wildman–Crippen LogP) is 6.43. The van der Waals surface area contributed by atoms with Crippen molar-refractivity contribution in [1.82, 2.24) is 0 Å². The van der Waals surface area contributed by atoms with Crippen molar-refractivity contribution < 1.29 is 14.0 Å². The molecule has 4 nitrogen and oxygen atoms in total. The van der Waals surface area contributed by atoms with Crippen LogP contribution in [0.25, 0.3) is 0 Å². The zero-order valence-corrected chi connectivity index (χ0v) is 18.5. The highest BCUT2D eigenvalue weighted by atomic mass is 35.5. The summed E-state index contributed by atoms with van der Waals surface area (Å²) in [6.45, 7) is 1.87. The normalized spacial score (nSPS) is 13.9. The molecule has 0 bridgehead atoms. The number of hydrogen-bond acceptors (Lipinski definition) is 4. The molecule has 3 aromatic carbocycles. The monoisotopic (exact) mass is 472 g/mol. The summed E-state index contributed by atoms with van der Waals surface area (Å²) in [4.78, 5) is 28.5. The van der Waals surface area contributed by atoms with E-state index in [-0.39, 0.29) is 21.3 Å². The van der Waals surface area contributed by atoms with Crippen LogP contribution in [-0.2, 0) is 9.59 Å². The van der Waals surface area contributed by atoms with Gasteiger partial charge in [0.05, 0.1) is 10.7 Å². The first-order valence-electron chi connectivity index (χ1n) is 9.19. The number of rotatable bonds is 5. The smallest absolute Gasteiger partial charge is 0.283 e. The SMILES string of the molecule is Cc1ccc(NC2=C(Sc3ccccc3)C(=O)N(c3ccc(F)c(Cl)c3)C2=O)cc1Cl. The fraction of sp³-hybridized carbons (Fsp3) is 0.0435. The van der Waals surface area contributed by atoms with Crippen LogP contribution in [-0.4, -0.2) is 11.8 Å². The molecule has 1 aliphatic heterocycles. The predicted molar refractivity (Wildman–Crippen MR) is 123 cm³/mol. The van der Waals surface area contributed by atoms with Gasteiger partial charge in [-0.25, -0.2) is 9.29 Å². The lowest BCUT2D eigenvalue weighted by Crippen LogP contribution is -2.32. The Balaban J connectivity index is 1.76. The molecule has 0 radical (unpaired) electrons. The molecule has 0 aliphatic carbocycles. The molecule has 3 aromatic rings. The van der Waals surface area contributed by atoms with Crippen LogP contribution in [0.15, 0.2) is 82.2 Å². The molecule has 0 unspecified atom stereocenters.